The second-order valence-electron chi connectivity index (χ2n) is 5.45. The van der Waals surface area contributed by atoms with E-state index in [9.17, 15) is 9.90 Å². The molecule has 1 atom stereocenters. The number of aromatic carboxylic acids is 1. The Morgan fingerprint density at radius 3 is 2.67 bits per heavy atom. The average molecular weight is 291 g/mol. The summed E-state index contributed by atoms with van der Waals surface area (Å²) in [7, 11) is 0. The van der Waals surface area contributed by atoms with Crippen molar-refractivity contribution in [3.8, 4) is 0 Å². The van der Waals surface area contributed by atoms with Crippen LogP contribution in [0.5, 0.6) is 0 Å². The quantitative estimate of drug-likeness (QED) is 0.730. The van der Waals surface area contributed by atoms with E-state index in [-0.39, 0.29) is 18.4 Å². The van der Waals surface area contributed by atoms with Crippen LogP contribution in [0.1, 0.15) is 36.4 Å². The zero-order valence-electron chi connectivity index (χ0n) is 12.3. The van der Waals surface area contributed by atoms with Crippen molar-refractivity contribution in [1.82, 2.24) is 5.32 Å². The van der Waals surface area contributed by atoms with Gasteiger partial charge in [-0.05, 0) is 18.4 Å². The summed E-state index contributed by atoms with van der Waals surface area (Å²) in [6.45, 7) is 4.65. The number of furan rings is 1. The van der Waals surface area contributed by atoms with E-state index in [1.165, 1.54) is 0 Å². The largest absolute Gasteiger partial charge is 0.475 e. The number of nitrogens with one attached hydrogen (secondary N) is 1. The molecule has 5 nitrogen and oxygen atoms in total. The molecule has 0 bridgehead atoms. The van der Waals surface area contributed by atoms with Gasteiger partial charge in [-0.2, -0.15) is 0 Å². The molecule has 0 fully saturated rings. The number of carboxylic acids is 1. The Balaban J connectivity index is 2.28. The predicted octanol–water partition coefficient (Wildman–Crippen LogP) is 2.63. The van der Waals surface area contributed by atoms with Crippen LogP contribution in [0.15, 0.2) is 28.7 Å². The molecule has 1 aromatic carbocycles. The average Bonchev–Trinajstić information content (AvgIpc) is 2.82. The molecule has 21 heavy (non-hydrogen) atoms. The first-order valence-corrected chi connectivity index (χ1v) is 7.12. The lowest BCUT2D eigenvalue weighted by atomic mass is 10.0. The van der Waals surface area contributed by atoms with Crippen molar-refractivity contribution in [3.05, 3.63) is 35.6 Å². The molecule has 1 aromatic heterocycles. The predicted molar refractivity (Wildman–Crippen MR) is 80.3 cm³/mol. The number of hydrogen-bond acceptors (Lipinski definition) is 4. The number of aliphatic hydroxyl groups is 1. The van der Waals surface area contributed by atoms with Crippen LogP contribution in [-0.4, -0.2) is 28.8 Å². The number of para-hydroxylation sites is 1. The number of carbonyl (C=O) groups is 1. The van der Waals surface area contributed by atoms with Crippen LogP contribution >= 0.6 is 0 Å². The monoisotopic (exact) mass is 291 g/mol. The molecule has 1 heterocycles. The fraction of sp³-hybridized carbons (Fsp3) is 0.438. The topological polar surface area (TPSA) is 82.7 Å². The lowest BCUT2D eigenvalue weighted by Gasteiger charge is -2.21. The molecule has 0 aliphatic carbocycles. The van der Waals surface area contributed by atoms with Gasteiger partial charge in [-0.1, -0.05) is 32.0 Å². The molecular weight excluding hydrogens is 270 g/mol. The van der Waals surface area contributed by atoms with E-state index >= 15 is 0 Å². The summed E-state index contributed by atoms with van der Waals surface area (Å²) in [5.41, 5.74) is 1.23. The summed E-state index contributed by atoms with van der Waals surface area (Å²) in [5, 5.41) is 22.5. The van der Waals surface area contributed by atoms with E-state index in [1.807, 2.05) is 18.2 Å². The van der Waals surface area contributed by atoms with E-state index < -0.39 is 5.97 Å². The molecule has 114 valence electrons. The molecular formula is C16H21NO4. The number of benzene rings is 1. The minimum atomic E-state index is -1.06. The Kier molecular flexibility index (Phi) is 4.98. The molecule has 0 saturated heterocycles. The summed E-state index contributed by atoms with van der Waals surface area (Å²) in [5.74, 6) is -0.731. The second-order valence-corrected chi connectivity index (χ2v) is 5.45. The van der Waals surface area contributed by atoms with E-state index in [2.05, 4.69) is 19.2 Å². The molecule has 0 amide bonds. The number of hydrogen-bond donors (Lipinski definition) is 3. The molecule has 0 aliphatic heterocycles. The van der Waals surface area contributed by atoms with Gasteiger partial charge in [0.25, 0.3) is 0 Å². The van der Waals surface area contributed by atoms with Crippen LogP contribution in [0.2, 0.25) is 0 Å². The van der Waals surface area contributed by atoms with Gasteiger partial charge in [0.1, 0.15) is 5.58 Å². The Hall–Kier alpha value is -1.85. The molecule has 2 aromatic rings. The first-order valence-electron chi connectivity index (χ1n) is 7.12. The zero-order valence-corrected chi connectivity index (χ0v) is 12.3. The van der Waals surface area contributed by atoms with Gasteiger partial charge in [0.15, 0.2) is 0 Å². The Labute approximate surface area is 123 Å². The van der Waals surface area contributed by atoms with Crippen LogP contribution in [0.3, 0.4) is 0 Å². The molecule has 5 heteroatoms. The third kappa shape index (κ3) is 3.43. The lowest BCUT2D eigenvalue weighted by molar-refractivity contribution is 0.0663. The third-order valence-electron chi connectivity index (χ3n) is 3.68. The third-order valence-corrected chi connectivity index (χ3v) is 3.68. The maximum absolute atomic E-state index is 11.3. The maximum Gasteiger partial charge on any atom is 0.372 e. The minimum Gasteiger partial charge on any atom is -0.475 e. The number of rotatable bonds is 7. The maximum atomic E-state index is 11.3. The standard InChI is InChI=1S/C16H21NO4/c1-10(2)13(7-8-18)17-9-12-11-5-3-4-6-14(11)21-15(12)16(19)20/h3-6,10,13,17-18H,7-9H2,1-2H3,(H,19,20). The fourth-order valence-corrected chi connectivity index (χ4v) is 2.49. The Morgan fingerprint density at radius 2 is 2.05 bits per heavy atom. The number of carboxylic acid groups (broad SMARTS) is 1. The number of fused-ring (bicyclic) bond motifs is 1. The number of aliphatic hydroxyl groups excluding tert-OH is 1. The van der Waals surface area contributed by atoms with Gasteiger partial charge in [0.2, 0.25) is 5.76 Å². The van der Waals surface area contributed by atoms with E-state index in [4.69, 9.17) is 9.52 Å². The smallest absolute Gasteiger partial charge is 0.372 e. The summed E-state index contributed by atoms with van der Waals surface area (Å²) in [6.07, 6.45) is 0.635. The van der Waals surface area contributed by atoms with Crippen molar-refractivity contribution in [2.45, 2.75) is 32.9 Å². The van der Waals surface area contributed by atoms with Gasteiger partial charge in [0.05, 0.1) is 0 Å². The SMILES string of the molecule is CC(C)C(CCO)NCc1c(C(=O)O)oc2ccccc12. The molecule has 2 rings (SSSR count). The van der Waals surface area contributed by atoms with Gasteiger partial charge in [-0.25, -0.2) is 4.79 Å². The van der Waals surface area contributed by atoms with E-state index in [0.29, 0.717) is 30.0 Å². The van der Waals surface area contributed by atoms with Crippen molar-refractivity contribution in [2.75, 3.05) is 6.61 Å². The molecule has 0 aliphatic rings. The Bertz CT molecular complexity index is 618. The van der Waals surface area contributed by atoms with Gasteiger partial charge in [-0.15, -0.1) is 0 Å². The summed E-state index contributed by atoms with van der Waals surface area (Å²) in [4.78, 5) is 11.3. The van der Waals surface area contributed by atoms with Crippen molar-refractivity contribution in [3.63, 3.8) is 0 Å². The van der Waals surface area contributed by atoms with Gasteiger partial charge >= 0.3 is 5.97 Å². The molecule has 0 radical (unpaired) electrons. The van der Waals surface area contributed by atoms with Crippen molar-refractivity contribution >= 4 is 16.9 Å². The van der Waals surface area contributed by atoms with Crippen molar-refractivity contribution < 1.29 is 19.4 Å². The molecule has 0 spiro atoms. The van der Waals surface area contributed by atoms with Crippen LogP contribution in [0.4, 0.5) is 0 Å². The van der Waals surface area contributed by atoms with Gasteiger partial charge in [-0.3, -0.25) is 0 Å². The molecule has 0 saturated carbocycles. The normalized spacial score (nSPS) is 13.0. The highest BCUT2D eigenvalue weighted by Crippen LogP contribution is 2.26. The summed E-state index contributed by atoms with van der Waals surface area (Å²) in [6, 6.07) is 7.43. The highest BCUT2D eigenvalue weighted by Gasteiger charge is 2.21. The zero-order chi connectivity index (χ0) is 15.4. The van der Waals surface area contributed by atoms with E-state index in [1.54, 1.807) is 6.07 Å². The summed E-state index contributed by atoms with van der Waals surface area (Å²) < 4.78 is 5.42. The van der Waals surface area contributed by atoms with Crippen LogP contribution < -0.4 is 5.32 Å². The Morgan fingerprint density at radius 1 is 1.33 bits per heavy atom. The first-order chi connectivity index (χ1) is 10.0. The van der Waals surface area contributed by atoms with Crippen LogP contribution in [0, 0.1) is 5.92 Å². The van der Waals surface area contributed by atoms with Crippen LogP contribution in [0.25, 0.3) is 11.0 Å². The highest BCUT2D eigenvalue weighted by atomic mass is 16.4. The molecule has 1 unspecified atom stereocenters. The summed E-state index contributed by atoms with van der Waals surface area (Å²) >= 11 is 0. The van der Waals surface area contributed by atoms with E-state index in [0.717, 1.165) is 5.39 Å². The lowest BCUT2D eigenvalue weighted by Crippen LogP contribution is -2.34. The van der Waals surface area contributed by atoms with Gasteiger partial charge in [0, 0.05) is 30.1 Å². The minimum absolute atomic E-state index is 0.0183. The fourth-order valence-electron chi connectivity index (χ4n) is 2.49. The van der Waals surface area contributed by atoms with Crippen LogP contribution in [-0.2, 0) is 6.54 Å². The highest BCUT2D eigenvalue weighted by molar-refractivity contribution is 5.95. The van der Waals surface area contributed by atoms with Gasteiger partial charge < -0.3 is 19.9 Å². The van der Waals surface area contributed by atoms with Crippen molar-refractivity contribution in [1.29, 1.82) is 0 Å². The second kappa shape index (κ2) is 6.74. The molecule has 3 N–H and O–H groups in total. The van der Waals surface area contributed by atoms with Crippen molar-refractivity contribution in [2.24, 2.45) is 5.92 Å². The first kappa shape index (κ1) is 15.5.